The van der Waals surface area contributed by atoms with E-state index in [0.717, 1.165) is 11.3 Å². The SMILES string of the molecule is CCOC(=O)C1=C(c2ccccc2)N=c2s/c(=C\c3ccc([N+](=O)[O-])o3)c(=O)n2[C@H]1c1ccc(F)cc1. The van der Waals surface area contributed by atoms with Crippen LogP contribution in [0.25, 0.3) is 11.8 Å². The number of carbonyl (C=O) groups is 1. The van der Waals surface area contributed by atoms with Gasteiger partial charge in [-0.25, -0.2) is 14.2 Å². The second-order valence-corrected chi connectivity index (χ2v) is 8.93. The summed E-state index contributed by atoms with van der Waals surface area (Å²) in [5.41, 5.74) is 1.08. The first-order chi connectivity index (χ1) is 17.9. The van der Waals surface area contributed by atoms with Gasteiger partial charge in [0.1, 0.15) is 16.5 Å². The number of rotatable bonds is 6. The molecule has 0 saturated carbocycles. The summed E-state index contributed by atoms with van der Waals surface area (Å²) in [5, 5.41) is 11.0. The zero-order chi connectivity index (χ0) is 26.1. The van der Waals surface area contributed by atoms with E-state index < -0.39 is 34.2 Å². The molecule has 0 spiro atoms. The summed E-state index contributed by atoms with van der Waals surface area (Å²) in [6, 6.07) is 16.1. The molecule has 0 amide bonds. The van der Waals surface area contributed by atoms with Crippen molar-refractivity contribution in [2.75, 3.05) is 6.61 Å². The second-order valence-electron chi connectivity index (χ2n) is 7.92. The summed E-state index contributed by atoms with van der Waals surface area (Å²) in [5.74, 6) is -1.47. The average molecular weight is 520 g/mol. The van der Waals surface area contributed by atoms with Gasteiger partial charge < -0.3 is 9.15 Å². The van der Waals surface area contributed by atoms with Gasteiger partial charge in [0.05, 0.1) is 34.5 Å². The number of fused-ring (bicyclic) bond motifs is 1. The van der Waals surface area contributed by atoms with E-state index in [1.165, 1.54) is 47.0 Å². The number of ether oxygens (including phenoxy) is 1. The predicted octanol–water partition coefficient (Wildman–Crippen LogP) is 3.58. The van der Waals surface area contributed by atoms with Crippen molar-refractivity contribution in [1.82, 2.24) is 4.57 Å². The van der Waals surface area contributed by atoms with E-state index in [2.05, 4.69) is 4.99 Å². The van der Waals surface area contributed by atoms with Gasteiger partial charge in [-0.3, -0.25) is 19.5 Å². The van der Waals surface area contributed by atoms with Gasteiger partial charge in [0, 0.05) is 11.6 Å². The number of benzene rings is 2. The first kappa shape index (κ1) is 24.1. The van der Waals surface area contributed by atoms with E-state index in [1.807, 2.05) is 6.07 Å². The van der Waals surface area contributed by atoms with Gasteiger partial charge in [0.2, 0.25) is 0 Å². The number of thiazole rings is 1. The van der Waals surface area contributed by atoms with E-state index in [0.29, 0.717) is 21.6 Å². The fourth-order valence-corrected chi connectivity index (χ4v) is 5.03. The Balaban J connectivity index is 1.80. The second kappa shape index (κ2) is 9.78. The van der Waals surface area contributed by atoms with Crippen molar-refractivity contribution in [1.29, 1.82) is 0 Å². The molecular formula is C26H18FN3O6S. The van der Waals surface area contributed by atoms with Crippen LogP contribution in [0.4, 0.5) is 10.3 Å². The minimum atomic E-state index is -0.959. The maximum absolute atomic E-state index is 13.8. The molecular weight excluding hydrogens is 501 g/mol. The van der Waals surface area contributed by atoms with Crippen LogP contribution in [-0.4, -0.2) is 22.1 Å². The van der Waals surface area contributed by atoms with Crippen LogP contribution in [0.2, 0.25) is 0 Å². The maximum Gasteiger partial charge on any atom is 0.433 e. The number of nitro groups is 1. The number of aromatic nitrogens is 1. The van der Waals surface area contributed by atoms with Gasteiger partial charge in [-0.15, -0.1) is 0 Å². The van der Waals surface area contributed by atoms with Gasteiger partial charge in [-0.05, 0) is 30.7 Å². The summed E-state index contributed by atoms with van der Waals surface area (Å²) in [4.78, 5) is 42.2. The van der Waals surface area contributed by atoms with Crippen LogP contribution in [0.5, 0.6) is 0 Å². The molecule has 1 aliphatic heterocycles. The Bertz CT molecular complexity index is 1720. The smallest absolute Gasteiger partial charge is 0.433 e. The zero-order valence-corrected chi connectivity index (χ0v) is 20.1. The number of furan rings is 1. The lowest BCUT2D eigenvalue weighted by Gasteiger charge is -2.25. The molecule has 0 radical (unpaired) electrons. The summed E-state index contributed by atoms with van der Waals surface area (Å²) < 4.78 is 25.9. The van der Waals surface area contributed by atoms with Crippen molar-refractivity contribution in [2.24, 2.45) is 4.99 Å². The normalized spacial score (nSPS) is 15.3. The van der Waals surface area contributed by atoms with E-state index in [1.54, 1.807) is 31.2 Å². The van der Waals surface area contributed by atoms with E-state index in [4.69, 9.17) is 9.15 Å². The standard InChI is InChI=1S/C26H18FN3O6S/c1-2-35-25(32)21-22(15-6-4-3-5-7-15)28-26-29(23(21)16-8-10-17(27)11-9-16)24(31)19(37-26)14-18-12-13-20(36-18)30(33)34/h3-14,23H,2H2,1H3/b19-14-/t23-/m0/s1. The molecule has 2 aromatic carbocycles. The summed E-state index contributed by atoms with van der Waals surface area (Å²) in [6.07, 6.45) is 1.38. The average Bonchev–Trinajstić information content (AvgIpc) is 3.49. The monoisotopic (exact) mass is 519 g/mol. The summed E-state index contributed by atoms with van der Waals surface area (Å²) in [7, 11) is 0. The molecule has 2 aromatic heterocycles. The van der Waals surface area contributed by atoms with Gasteiger partial charge in [0.15, 0.2) is 4.80 Å². The molecule has 1 aliphatic rings. The van der Waals surface area contributed by atoms with Crippen LogP contribution in [0.1, 0.15) is 29.9 Å². The van der Waals surface area contributed by atoms with Crippen LogP contribution >= 0.6 is 11.3 Å². The van der Waals surface area contributed by atoms with Gasteiger partial charge in [0.25, 0.3) is 5.56 Å². The van der Waals surface area contributed by atoms with E-state index in [9.17, 15) is 24.1 Å². The van der Waals surface area contributed by atoms with Crippen LogP contribution in [0, 0.1) is 15.9 Å². The Morgan fingerprint density at radius 2 is 1.92 bits per heavy atom. The number of esters is 1. The summed E-state index contributed by atoms with van der Waals surface area (Å²) >= 11 is 1.04. The van der Waals surface area contributed by atoms with Crippen LogP contribution in [0.3, 0.4) is 0 Å². The third-order valence-electron chi connectivity index (χ3n) is 5.63. The summed E-state index contributed by atoms with van der Waals surface area (Å²) in [6.45, 7) is 1.77. The van der Waals surface area contributed by atoms with E-state index in [-0.39, 0.29) is 22.5 Å². The largest absolute Gasteiger partial charge is 0.463 e. The van der Waals surface area contributed by atoms with Crippen molar-refractivity contribution >= 4 is 35.0 Å². The first-order valence-corrected chi connectivity index (χ1v) is 12.0. The number of carbonyl (C=O) groups excluding carboxylic acids is 1. The Labute approximate surface area is 212 Å². The molecule has 5 rings (SSSR count). The number of nitrogens with zero attached hydrogens (tertiary/aromatic N) is 3. The maximum atomic E-state index is 13.8. The Kier molecular flexibility index (Phi) is 6.36. The van der Waals surface area contributed by atoms with Gasteiger partial charge >= 0.3 is 11.9 Å². The first-order valence-electron chi connectivity index (χ1n) is 11.2. The zero-order valence-electron chi connectivity index (χ0n) is 19.3. The third kappa shape index (κ3) is 4.52. The lowest BCUT2D eigenvalue weighted by molar-refractivity contribution is -0.402. The minimum Gasteiger partial charge on any atom is -0.463 e. The highest BCUT2D eigenvalue weighted by atomic mass is 32.1. The quantitative estimate of drug-likeness (QED) is 0.218. The van der Waals surface area contributed by atoms with Crippen molar-refractivity contribution in [3.05, 3.63) is 125 Å². The highest BCUT2D eigenvalue weighted by Crippen LogP contribution is 2.35. The van der Waals surface area contributed by atoms with Crippen molar-refractivity contribution in [3.63, 3.8) is 0 Å². The lowest BCUT2D eigenvalue weighted by atomic mass is 9.93. The molecule has 1 atom stereocenters. The fraction of sp³-hybridized carbons (Fsp3) is 0.115. The topological polar surface area (TPSA) is 117 Å². The molecule has 9 nitrogen and oxygen atoms in total. The lowest BCUT2D eigenvalue weighted by Crippen LogP contribution is -2.40. The fourth-order valence-electron chi connectivity index (χ4n) is 4.05. The molecule has 186 valence electrons. The van der Waals surface area contributed by atoms with Crippen molar-refractivity contribution in [3.8, 4) is 0 Å². The molecule has 0 saturated heterocycles. The number of hydrogen-bond acceptors (Lipinski definition) is 8. The molecule has 0 fully saturated rings. The van der Waals surface area contributed by atoms with Crippen LogP contribution < -0.4 is 14.9 Å². The minimum absolute atomic E-state index is 0.0994. The molecule has 11 heteroatoms. The Morgan fingerprint density at radius 1 is 1.19 bits per heavy atom. The highest BCUT2D eigenvalue weighted by Gasteiger charge is 2.35. The Hall–Kier alpha value is -4.64. The molecule has 37 heavy (non-hydrogen) atoms. The predicted molar refractivity (Wildman–Crippen MR) is 133 cm³/mol. The van der Waals surface area contributed by atoms with Crippen molar-refractivity contribution in [2.45, 2.75) is 13.0 Å². The van der Waals surface area contributed by atoms with Crippen LogP contribution in [-0.2, 0) is 9.53 Å². The van der Waals surface area contributed by atoms with Crippen LogP contribution in [0.15, 0.2) is 86.5 Å². The third-order valence-corrected chi connectivity index (χ3v) is 6.61. The number of hydrogen-bond donors (Lipinski definition) is 0. The van der Waals surface area contributed by atoms with Gasteiger partial charge in [-0.2, -0.15) is 0 Å². The molecule has 0 aliphatic carbocycles. The molecule has 3 heterocycles. The van der Waals surface area contributed by atoms with Gasteiger partial charge in [-0.1, -0.05) is 53.8 Å². The van der Waals surface area contributed by atoms with E-state index >= 15 is 0 Å². The molecule has 0 bridgehead atoms. The number of halogens is 1. The van der Waals surface area contributed by atoms with Crippen molar-refractivity contribution < 1.29 is 23.3 Å². The molecule has 0 unspecified atom stereocenters. The highest BCUT2D eigenvalue weighted by molar-refractivity contribution is 7.07. The molecule has 4 aromatic rings. The Morgan fingerprint density at radius 3 is 2.57 bits per heavy atom. The molecule has 0 N–H and O–H groups in total.